The van der Waals surface area contributed by atoms with Gasteiger partial charge in [0.1, 0.15) is 5.75 Å². The van der Waals surface area contributed by atoms with Crippen LogP contribution in [0.4, 0.5) is 11.4 Å². The standard InChI is InChI=1S/C18H22N2O3/c1-21-15-7-5-4-6-14(15)20-17-13-8-9-19-11-12(13)10-16(22-2)18(17)23-3/h4-7,10,19-20H,8-9,11H2,1-3H3. The molecule has 2 aromatic rings. The number of rotatable bonds is 5. The first-order valence-corrected chi connectivity index (χ1v) is 7.66. The van der Waals surface area contributed by atoms with Crippen LogP contribution in [0.25, 0.3) is 0 Å². The van der Waals surface area contributed by atoms with Crippen LogP contribution in [0.5, 0.6) is 17.2 Å². The van der Waals surface area contributed by atoms with Gasteiger partial charge in [0.05, 0.1) is 32.7 Å². The molecule has 0 spiro atoms. The highest BCUT2D eigenvalue weighted by atomic mass is 16.5. The molecule has 1 aliphatic heterocycles. The van der Waals surface area contributed by atoms with Crippen molar-refractivity contribution in [3.63, 3.8) is 0 Å². The number of nitrogens with one attached hydrogen (secondary N) is 2. The van der Waals surface area contributed by atoms with Crippen LogP contribution in [-0.2, 0) is 13.0 Å². The average Bonchev–Trinajstić information content (AvgIpc) is 2.61. The van der Waals surface area contributed by atoms with E-state index >= 15 is 0 Å². The van der Waals surface area contributed by atoms with Gasteiger partial charge in [-0.3, -0.25) is 0 Å². The van der Waals surface area contributed by atoms with E-state index in [0.717, 1.165) is 48.1 Å². The number of benzene rings is 2. The van der Waals surface area contributed by atoms with Gasteiger partial charge in [0.15, 0.2) is 11.5 Å². The first-order valence-electron chi connectivity index (χ1n) is 7.66. The third kappa shape index (κ3) is 2.92. The first-order chi connectivity index (χ1) is 11.3. The Bertz CT molecular complexity index is 687. The number of ether oxygens (including phenoxy) is 3. The molecule has 0 saturated carbocycles. The normalized spacial score (nSPS) is 13.2. The van der Waals surface area contributed by atoms with Crippen LogP contribution in [0.3, 0.4) is 0 Å². The number of para-hydroxylation sites is 2. The Labute approximate surface area is 136 Å². The number of fused-ring (bicyclic) bond motifs is 1. The Morgan fingerprint density at radius 2 is 1.78 bits per heavy atom. The minimum atomic E-state index is 0.721. The minimum absolute atomic E-state index is 0.721. The minimum Gasteiger partial charge on any atom is -0.495 e. The molecule has 2 aromatic carbocycles. The number of anilines is 2. The van der Waals surface area contributed by atoms with E-state index in [0.29, 0.717) is 0 Å². The highest BCUT2D eigenvalue weighted by Gasteiger charge is 2.22. The molecule has 3 rings (SSSR count). The molecule has 1 heterocycles. The van der Waals surface area contributed by atoms with Crippen LogP contribution in [-0.4, -0.2) is 27.9 Å². The Morgan fingerprint density at radius 3 is 2.52 bits per heavy atom. The molecular formula is C18H22N2O3. The SMILES string of the molecule is COc1ccccc1Nc1c2c(cc(OC)c1OC)CNCC2. The Kier molecular flexibility index (Phi) is 4.57. The summed E-state index contributed by atoms with van der Waals surface area (Å²) < 4.78 is 16.6. The van der Waals surface area contributed by atoms with Crippen LogP contribution < -0.4 is 24.8 Å². The Hall–Kier alpha value is -2.40. The van der Waals surface area contributed by atoms with Crippen LogP contribution in [0, 0.1) is 0 Å². The zero-order chi connectivity index (χ0) is 16.2. The molecule has 122 valence electrons. The lowest BCUT2D eigenvalue weighted by molar-refractivity contribution is 0.355. The molecule has 0 amide bonds. The van der Waals surface area contributed by atoms with Gasteiger partial charge in [-0.25, -0.2) is 0 Å². The van der Waals surface area contributed by atoms with Crippen molar-refractivity contribution < 1.29 is 14.2 Å². The van der Waals surface area contributed by atoms with Gasteiger partial charge in [0.2, 0.25) is 0 Å². The van der Waals surface area contributed by atoms with Gasteiger partial charge in [-0.15, -0.1) is 0 Å². The van der Waals surface area contributed by atoms with Crippen molar-refractivity contribution in [2.45, 2.75) is 13.0 Å². The first kappa shape index (κ1) is 15.5. The summed E-state index contributed by atoms with van der Waals surface area (Å²) in [5.41, 5.74) is 4.34. The topological polar surface area (TPSA) is 51.8 Å². The summed E-state index contributed by atoms with van der Waals surface area (Å²) in [7, 11) is 4.99. The summed E-state index contributed by atoms with van der Waals surface area (Å²) >= 11 is 0. The molecule has 0 aliphatic carbocycles. The summed E-state index contributed by atoms with van der Waals surface area (Å²) in [5, 5.41) is 6.88. The van der Waals surface area contributed by atoms with E-state index in [1.807, 2.05) is 30.3 Å². The van der Waals surface area contributed by atoms with Crippen LogP contribution in [0.2, 0.25) is 0 Å². The predicted octanol–water partition coefficient (Wildman–Crippen LogP) is 3.10. The quantitative estimate of drug-likeness (QED) is 0.888. The van der Waals surface area contributed by atoms with Gasteiger partial charge >= 0.3 is 0 Å². The van der Waals surface area contributed by atoms with Crippen LogP contribution in [0.15, 0.2) is 30.3 Å². The molecule has 0 radical (unpaired) electrons. The van der Waals surface area contributed by atoms with E-state index in [2.05, 4.69) is 10.6 Å². The lowest BCUT2D eigenvalue weighted by atomic mass is 9.97. The van der Waals surface area contributed by atoms with Gasteiger partial charge in [-0.1, -0.05) is 12.1 Å². The fourth-order valence-corrected chi connectivity index (χ4v) is 2.98. The van der Waals surface area contributed by atoms with Crippen molar-refractivity contribution in [2.75, 3.05) is 33.2 Å². The summed E-state index contributed by atoms with van der Waals surface area (Å²) in [6.07, 6.45) is 0.938. The Morgan fingerprint density at radius 1 is 1.00 bits per heavy atom. The monoisotopic (exact) mass is 314 g/mol. The van der Waals surface area contributed by atoms with Gasteiger partial charge in [0.25, 0.3) is 0 Å². The van der Waals surface area contributed by atoms with E-state index in [1.165, 1.54) is 11.1 Å². The second kappa shape index (κ2) is 6.79. The Balaban J connectivity index is 2.12. The number of methoxy groups -OCH3 is 3. The maximum atomic E-state index is 5.63. The van der Waals surface area contributed by atoms with Gasteiger partial charge in [0, 0.05) is 6.54 Å². The third-order valence-corrected chi connectivity index (χ3v) is 4.10. The zero-order valence-corrected chi connectivity index (χ0v) is 13.7. The van der Waals surface area contributed by atoms with Crippen LogP contribution in [0.1, 0.15) is 11.1 Å². The molecule has 0 saturated heterocycles. The smallest absolute Gasteiger partial charge is 0.184 e. The largest absolute Gasteiger partial charge is 0.495 e. The molecule has 5 nitrogen and oxygen atoms in total. The van der Waals surface area contributed by atoms with Gasteiger partial charge in [-0.05, 0) is 42.3 Å². The lowest BCUT2D eigenvalue weighted by Gasteiger charge is -2.25. The summed E-state index contributed by atoms with van der Waals surface area (Å²) in [6.45, 7) is 1.78. The van der Waals surface area contributed by atoms with Crippen molar-refractivity contribution in [1.82, 2.24) is 5.32 Å². The second-order valence-corrected chi connectivity index (χ2v) is 5.38. The van der Waals surface area contributed by atoms with Gasteiger partial charge < -0.3 is 24.8 Å². The molecule has 0 atom stereocenters. The van der Waals surface area contributed by atoms with Crippen LogP contribution >= 0.6 is 0 Å². The summed E-state index contributed by atoms with van der Waals surface area (Å²) in [6, 6.07) is 9.90. The highest BCUT2D eigenvalue weighted by Crippen LogP contribution is 2.43. The maximum Gasteiger partial charge on any atom is 0.184 e. The van der Waals surface area contributed by atoms with Gasteiger partial charge in [-0.2, -0.15) is 0 Å². The molecule has 0 bridgehead atoms. The predicted molar refractivity (Wildman–Crippen MR) is 91.2 cm³/mol. The van der Waals surface area contributed by atoms with Crippen molar-refractivity contribution in [1.29, 1.82) is 0 Å². The molecule has 5 heteroatoms. The summed E-state index contributed by atoms with van der Waals surface area (Å²) in [5.74, 6) is 2.24. The lowest BCUT2D eigenvalue weighted by Crippen LogP contribution is -2.24. The maximum absolute atomic E-state index is 5.63. The van der Waals surface area contributed by atoms with E-state index in [1.54, 1.807) is 21.3 Å². The number of hydrogen-bond donors (Lipinski definition) is 2. The summed E-state index contributed by atoms with van der Waals surface area (Å²) in [4.78, 5) is 0. The molecule has 2 N–H and O–H groups in total. The van der Waals surface area contributed by atoms with E-state index in [-0.39, 0.29) is 0 Å². The average molecular weight is 314 g/mol. The van der Waals surface area contributed by atoms with E-state index < -0.39 is 0 Å². The fourth-order valence-electron chi connectivity index (χ4n) is 2.98. The third-order valence-electron chi connectivity index (χ3n) is 4.10. The van der Waals surface area contributed by atoms with Crippen molar-refractivity contribution in [3.8, 4) is 17.2 Å². The highest BCUT2D eigenvalue weighted by molar-refractivity contribution is 5.78. The molecular weight excluding hydrogens is 292 g/mol. The second-order valence-electron chi connectivity index (χ2n) is 5.38. The molecule has 0 aromatic heterocycles. The number of hydrogen-bond acceptors (Lipinski definition) is 5. The van der Waals surface area contributed by atoms with Crippen molar-refractivity contribution in [3.05, 3.63) is 41.5 Å². The van der Waals surface area contributed by atoms with Crippen molar-refractivity contribution in [2.24, 2.45) is 0 Å². The van der Waals surface area contributed by atoms with E-state index in [4.69, 9.17) is 14.2 Å². The molecule has 0 unspecified atom stereocenters. The molecule has 1 aliphatic rings. The molecule has 0 fully saturated rings. The fraction of sp³-hybridized carbons (Fsp3) is 0.333. The zero-order valence-electron chi connectivity index (χ0n) is 13.7. The van der Waals surface area contributed by atoms with Crippen molar-refractivity contribution >= 4 is 11.4 Å². The molecule has 23 heavy (non-hydrogen) atoms. The van der Waals surface area contributed by atoms with E-state index in [9.17, 15) is 0 Å².